The summed E-state index contributed by atoms with van der Waals surface area (Å²) >= 11 is 0. The summed E-state index contributed by atoms with van der Waals surface area (Å²) in [7, 11) is 7.42. The maximum absolute atomic E-state index is 5.27. The molecule has 90 valence electrons. The Morgan fingerprint density at radius 3 is 2.50 bits per heavy atom. The van der Waals surface area contributed by atoms with E-state index < -0.39 is 0 Å². The highest BCUT2D eigenvalue weighted by Gasteiger charge is 2.04. The number of likely N-dealkylation sites (N-methyl/N-ethyl adjacent to an activating group) is 1. The lowest BCUT2D eigenvalue weighted by Gasteiger charge is -2.14. The normalized spacial score (nSPS) is 10.3. The van der Waals surface area contributed by atoms with E-state index in [2.05, 4.69) is 10.2 Å². The number of hydrogen-bond acceptors (Lipinski definition) is 4. The summed E-state index contributed by atoms with van der Waals surface area (Å²) in [4.78, 5) is 2.12. The van der Waals surface area contributed by atoms with Crippen molar-refractivity contribution >= 4 is 5.69 Å². The largest absolute Gasteiger partial charge is 0.497 e. The summed E-state index contributed by atoms with van der Waals surface area (Å²) in [6, 6.07) is 5.72. The molecule has 0 spiro atoms. The summed E-state index contributed by atoms with van der Waals surface area (Å²) < 4.78 is 10.4. The zero-order chi connectivity index (χ0) is 12.0. The molecule has 0 unspecified atom stereocenters. The molecule has 0 aromatic heterocycles. The van der Waals surface area contributed by atoms with Crippen molar-refractivity contribution in [3.05, 3.63) is 18.2 Å². The predicted octanol–water partition coefficient (Wildman–Crippen LogP) is 1.68. The lowest BCUT2D eigenvalue weighted by molar-refractivity contribution is 0.403. The van der Waals surface area contributed by atoms with E-state index in [0.29, 0.717) is 0 Å². The van der Waals surface area contributed by atoms with Crippen molar-refractivity contribution in [1.29, 1.82) is 0 Å². The van der Waals surface area contributed by atoms with E-state index in [4.69, 9.17) is 9.47 Å². The van der Waals surface area contributed by atoms with Crippen molar-refractivity contribution in [2.24, 2.45) is 0 Å². The molecule has 0 heterocycles. The molecule has 0 aliphatic carbocycles. The van der Waals surface area contributed by atoms with Crippen LogP contribution in [-0.2, 0) is 0 Å². The molecule has 0 amide bonds. The first-order chi connectivity index (χ1) is 7.67. The van der Waals surface area contributed by atoms with E-state index in [9.17, 15) is 0 Å². The van der Waals surface area contributed by atoms with E-state index in [1.54, 1.807) is 14.2 Å². The third-order valence-corrected chi connectivity index (χ3v) is 2.28. The monoisotopic (exact) mass is 224 g/mol. The molecule has 0 aliphatic rings. The molecule has 0 bridgehead atoms. The maximum atomic E-state index is 5.27. The number of benzene rings is 1. The number of nitrogens with one attached hydrogen (secondary N) is 1. The molecule has 4 nitrogen and oxygen atoms in total. The van der Waals surface area contributed by atoms with E-state index in [1.165, 1.54) is 0 Å². The number of nitrogens with zero attached hydrogens (tertiary/aromatic N) is 1. The molecule has 0 saturated heterocycles. The van der Waals surface area contributed by atoms with Crippen molar-refractivity contribution in [2.45, 2.75) is 0 Å². The van der Waals surface area contributed by atoms with Gasteiger partial charge >= 0.3 is 0 Å². The number of rotatable bonds is 6. The van der Waals surface area contributed by atoms with Gasteiger partial charge in [-0.2, -0.15) is 0 Å². The van der Waals surface area contributed by atoms with Gasteiger partial charge in [0.05, 0.1) is 19.9 Å². The van der Waals surface area contributed by atoms with E-state index in [0.717, 1.165) is 30.3 Å². The van der Waals surface area contributed by atoms with E-state index in [-0.39, 0.29) is 0 Å². The summed E-state index contributed by atoms with van der Waals surface area (Å²) in [5, 5.41) is 3.32. The molecule has 4 heteroatoms. The molecule has 0 fully saturated rings. The van der Waals surface area contributed by atoms with Gasteiger partial charge in [0.1, 0.15) is 11.5 Å². The average molecular weight is 224 g/mol. The van der Waals surface area contributed by atoms with Crippen LogP contribution in [0, 0.1) is 0 Å². The molecule has 1 aromatic rings. The standard InChI is InChI=1S/C12H20N2O2/c1-14(2)8-7-13-11-9-10(15-3)5-6-12(11)16-4/h5-6,9,13H,7-8H2,1-4H3. The minimum atomic E-state index is 0.827. The molecule has 0 aliphatic heterocycles. The Hall–Kier alpha value is -1.42. The quantitative estimate of drug-likeness (QED) is 0.797. The van der Waals surface area contributed by atoms with Gasteiger partial charge in [0.25, 0.3) is 0 Å². The van der Waals surface area contributed by atoms with Crippen LogP contribution in [0.25, 0.3) is 0 Å². The molecule has 0 saturated carbocycles. The van der Waals surface area contributed by atoms with Crippen molar-refractivity contribution < 1.29 is 9.47 Å². The lowest BCUT2D eigenvalue weighted by Crippen LogP contribution is -2.20. The topological polar surface area (TPSA) is 33.7 Å². The van der Waals surface area contributed by atoms with Crippen LogP contribution in [0.4, 0.5) is 5.69 Å². The van der Waals surface area contributed by atoms with Gasteiger partial charge in [-0.25, -0.2) is 0 Å². The van der Waals surface area contributed by atoms with Gasteiger partial charge in [0.15, 0.2) is 0 Å². The Labute approximate surface area is 97.2 Å². The number of hydrogen-bond donors (Lipinski definition) is 1. The third kappa shape index (κ3) is 3.62. The first-order valence-electron chi connectivity index (χ1n) is 5.28. The van der Waals surface area contributed by atoms with Crippen molar-refractivity contribution in [1.82, 2.24) is 4.90 Å². The first kappa shape index (κ1) is 12.6. The van der Waals surface area contributed by atoms with Crippen LogP contribution in [-0.4, -0.2) is 46.3 Å². The van der Waals surface area contributed by atoms with Gasteiger partial charge < -0.3 is 19.7 Å². The Morgan fingerprint density at radius 2 is 1.94 bits per heavy atom. The van der Waals surface area contributed by atoms with Crippen molar-refractivity contribution in [3.8, 4) is 11.5 Å². The Kier molecular flexibility index (Phi) is 4.92. The summed E-state index contributed by atoms with van der Waals surface area (Å²) in [5.41, 5.74) is 0.962. The molecule has 1 aromatic carbocycles. The van der Waals surface area contributed by atoms with Crippen molar-refractivity contribution in [3.63, 3.8) is 0 Å². The summed E-state index contributed by atoms with van der Waals surface area (Å²) in [6.45, 7) is 1.84. The van der Waals surface area contributed by atoms with E-state index >= 15 is 0 Å². The minimum absolute atomic E-state index is 0.827. The predicted molar refractivity (Wildman–Crippen MR) is 66.6 cm³/mol. The Morgan fingerprint density at radius 1 is 1.19 bits per heavy atom. The fourth-order valence-corrected chi connectivity index (χ4v) is 1.37. The molecule has 1 N–H and O–H groups in total. The zero-order valence-corrected chi connectivity index (χ0v) is 10.4. The fourth-order valence-electron chi connectivity index (χ4n) is 1.37. The van der Waals surface area contributed by atoms with Gasteiger partial charge in [0.2, 0.25) is 0 Å². The van der Waals surface area contributed by atoms with Crippen molar-refractivity contribution in [2.75, 3.05) is 46.7 Å². The second kappa shape index (κ2) is 6.23. The average Bonchev–Trinajstić information content (AvgIpc) is 2.28. The van der Waals surface area contributed by atoms with Gasteiger partial charge in [-0.3, -0.25) is 0 Å². The SMILES string of the molecule is COc1ccc(OC)c(NCCN(C)C)c1. The Balaban J connectivity index is 2.67. The number of anilines is 1. The second-order valence-corrected chi connectivity index (χ2v) is 3.80. The molecule has 0 atom stereocenters. The first-order valence-corrected chi connectivity index (χ1v) is 5.28. The van der Waals surface area contributed by atoms with Gasteiger partial charge in [-0.15, -0.1) is 0 Å². The van der Waals surface area contributed by atoms with Gasteiger partial charge in [-0.1, -0.05) is 0 Å². The van der Waals surface area contributed by atoms with E-state index in [1.807, 2.05) is 32.3 Å². The third-order valence-electron chi connectivity index (χ3n) is 2.28. The lowest BCUT2D eigenvalue weighted by atomic mass is 10.2. The molecular weight excluding hydrogens is 204 g/mol. The van der Waals surface area contributed by atoms with Crippen LogP contribution in [0.5, 0.6) is 11.5 Å². The van der Waals surface area contributed by atoms with Gasteiger partial charge in [0, 0.05) is 19.2 Å². The molecule has 1 rings (SSSR count). The van der Waals surface area contributed by atoms with Crippen LogP contribution in [0.15, 0.2) is 18.2 Å². The molecular formula is C12H20N2O2. The maximum Gasteiger partial charge on any atom is 0.142 e. The highest BCUT2D eigenvalue weighted by atomic mass is 16.5. The highest BCUT2D eigenvalue weighted by Crippen LogP contribution is 2.28. The minimum Gasteiger partial charge on any atom is -0.497 e. The number of methoxy groups -OCH3 is 2. The fraction of sp³-hybridized carbons (Fsp3) is 0.500. The summed E-state index contributed by atoms with van der Waals surface area (Å²) in [6.07, 6.45) is 0. The second-order valence-electron chi connectivity index (χ2n) is 3.80. The Bertz CT molecular complexity index is 327. The van der Waals surface area contributed by atoms with Crippen LogP contribution < -0.4 is 14.8 Å². The zero-order valence-electron chi connectivity index (χ0n) is 10.4. The van der Waals surface area contributed by atoms with Crippen LogP contribution in [0.1, 0.15) is 0 Å². The van der Waals surface area contributed by atoms with Crippen LogP contribution in [0.2, 0.25) is 0 Å². The van der Waals surface area contributed by atoms with Crippen LogP contribution in [0.3, 0.4) is 0 Å². The smallest absolute Gasteiger partial charge is 0.142 e. The van der Waals surface area contributed by atoms with Gasteiger partial charge in [-0.05, 0) is 26.2 Å². The number of ether oxygens (including phenoxy) is 2. The molecule has 0 radical (unpaired) electrons. The molecule has 16 heavy (non-hydrogen) atoms. The highest BCUT2D eigenvalue weighted by molar-refractivity contribution is 5.59. The van der Waals surface area contributed by atoms with Crippen LogP contribution >= 0.6 is 0 Å². The summed E-state index contributed by atoms with van der Waals surface area (Å²) in [5.74, 6) is 1.66.